The number of hydrogen-bond acceptors (Lipinski definition) is 6. The number of aromatic nitrogens is 2. The quantitative estimate of drug-likeness (QED) is 0.826. The third-order valence-corrected chi connectivity index (χ3v) is 4.16. The molecule has 0 aliphatic rings. The van der Waals surface area contributed by atoms with Gasteiger partial charge < -0.3 is 15.5 Å². The van der Waals surface area contributed by atoms with E-state index < -0.39 is 0 Å². The van der Waals surface area contributed by atoms with Gasteiger partial charge in [0.05, 0.1) is 23.6 Å². The van der Waals surface area contributed by atoms with E-state index in [9.17, 15) is 9.59 Å². The lowest BCUT2D eigenvalue weighted by atomic mass is 10.1. The fourth-order valence-corrected chi connectivity index (χ4v) is 2.97. The molecular weight excluding hydrogens is 338 g/mol. The van der Waals surface area contributed by atoms with E-state index in [0.717, 1.165) is 17.1 Å². The number of amides is 2. The number of carbonyl (C=O) groups is 2. The molecule has 7 nitrogen and oxygen atoms in total. The zero-order chi connectivity index (χ0) is 18.6. The van der Waals surface area contributed by atoms with Crippen molar-refractivity contribution in [2.45, 2.75) is 26.7 Å². The lowest BCUT2D eigenvalue weighted by Gasteiger charge is -2.15. The van der Waals surface area contributed by atoms with Crippen LogP contribution in [0.3, 0.4) is 0 Å². The second-order valence-electron chi connectivity index (χ2n) is 6.43. The Morgan fingerprint density at radius 2 is 1.92 bits per heavy atom. The molecule has 2 N–H and O–H groups in total. The number of rotatable bonds is 6. The van der Waals surface area contributed by atoms with Crippen molar-refractivity contribution < 1.29 is 9.59 Å². The molecule has 0 atom stereocenters. The summed E-state index contributed by atoms with van der Waals surface area (Å²) in [7, 11) is 3.64. The first-order chi connectivity index (χ1) is 11.8. The van der Waals surface area contributed by atoms with E-state index in [1.807, 2.05) is 47.0 Å². The largest absolute Gasteiger partial charge is 0.323 e. The minimum absolute atomic E-state index is 0.108. The monoisotopic (exact) mass is 361 g/mol. The van der Waals surface area contributed by atoms with E-state index >= 15 is 0 Å². The minimum atomic E-state index is -0.271. The average molecular weight is 361 g/mol. The Morgan fingerprint density at radius 3 is 2.56 bits per heavy atom. The number of nitrogens with zero attached hydrogens (tertiary/aromatic N) is 3. The van der Waals surface area contributed by atoms with E-state index in [1.165, 1.54) is 0 Å². The van der Waals surface area contributed by atoms with Crippen molar-refractivity contribution in [1.82, 2.24) is 14.5 Å². The van der Waals surface area contributed by atoms with Crippen molar-refractivity contribution >= 4 is 34.7 Å². The molecule has 0 bridgehead atoms. The molecule has 0 fully saturated rings. The van der Waals surface area contributed by atoms with Gasteiger partial charge in [0.1, 0.15) is 4.88 Å². The number of carbonyl (C=O) groups excluding carboxylic acids is 2. The Hall–Kier alpha value is -2.32. The molecule has 0 radical (unpaired) electrons. The number of hydrogen-bond donors (Lipinski definition) is 2. The molecule has 1 aromatic carbocycles. The van der Waals surface area contributed by atoms with Crippen LogP contribution in [-0.4, -0.2) is 46.9 Å². The van der Waals surface area contributed by atoms with Crippen molar-refractivity contribution in [3.05, 3.63) is 34.3 Å². The highest BCUT2D eigenvalue weighted by molar-refractivity contribution is 7.08. The van der Waals surface area contributed by atoms with Gasteiger partial charge in [0.2, 0.25) is 5.91 Å². The van der Waals surface area contributed by atoms with Gasteiger partial charge >= 0.3 is 0 Å². The molecule has 8 heteroatoms. The molecule has 0 aliphatic carbocycles. The highest BCUT2D eigenvalue weighted by Gasteiger charge is 2.20. The minimum Gasteiger partial charge on any atom is -0.323 e. The summed E-state index contributed by atoms with van der Waals surface area (Å²) in [6, 6.07) is 5.49. The fourth-order valence-electron chi connectivity index (χ4n) is 2.26. The molecule has 2 aromatic rings. The van der Waals surface area contributed by atoms with E-state index in [0.29, 0.717) is 21.9 Å². The van der Waals surface area contributed by atoms with Gasteiger partial charge in [-0.25, -0.2) is 0 Å². The average Bonchev–Trinajstić information content (AvgIpc) is 2.99. The lowest BCUT2D eigenvalue weighted by molar-refractivity contribution is -0.116. The maximum Gasteiger partial charge on any atom is 0.269 e. The summed E-state index contributed by atoms with van der Waals surface area (Å²) in [6.07, 6.45) is 0. The first-order valence-electron chi connectivity index (χ1n) is 7.96. The first kappa shape index (κ1) is 19.0. The van der Waals surface area contributed by atoms with Crippen LogP contribution >= 0.6 is 11.5 Å². The van der Waals surface area contributed by atoms with Crippen LogP contribution in [0.5, 0.6) is 0 Å². The standard InChI is InChI=1S/C17H23N5O2S/c1-10(2)15-16(25-21-20-15)17(24)19-13-8-11(3)6-7-12(13)18-14(23)9-22(4)5/h6-8,10H,9H2,1-5H3,(H,18,23)(H,19,24). The van der Waals surface area contributed by atoms with Gasteiger partial charge in [0.15, 0.2) is 0 Å². The Labute approximate surface area is 151 Å². The number of likely N-dealkylation sites (N-methyl/N-ethyl adjacent to an activating group) is 1. The van der Waals surface area contributed by atoms with Crippen molar-refractivity contribution in [2.75, 3.05) is 31.3 Å². The van der Waals surface area contributed by atoms with Crippen molar-refractivity contribution in [3.63, 3.8) is 0 Å². The Balaban J connectivity index is 2.23. The van der Waals surface area contributed by atoms with Gasteiger partial charge in [0.25, 0.3) is 5.91 Å². The van der Waals surface area contributed by atoms with Crippen LogP contribution in [-0.2, 0) is 4.79 Å². The molecule has 25 heavy (non-hydrogen) atoms. The fraction of sp³-hybridized carbons (Fsp3) is 0.412. The summed E-state index contributed by atoms with van der Waals surface area (Å²) in [5, 5.41) is 9.74. The molecule has 2 rings (SSSR count). The van der Waals surface area contributed by atoms with Crippen LogP contribution in [0.2, 0.25) is 0 Å². The third kappa shape index (κ3) is 5.07. The van der Waals surface area contributed by atoms with E-state index in [2.05, 4.69) is 20.2 Å². The van der Waals surface area contributed by atoms with Gasteiger partial charge in [-0.2, -0.15) is 0 Å². The number of anilines is 2. The maximum atomic E-state index is 12.6. The Morgan fingerprint density at radius 1 is 1.20 bits per heavy atom. The molecule has 134 valence electrons. The normalized spacial score (nSPS) is 11.0. The second kappa shape index (κ2) is 8.17. The Kier molecular flexibility index (Phi) is 6.22. The highest BCUT2D eigenvalue weighted by Crippen LogP contribution is 2.26. The molecule has 0 saturated heterocycles. The third-order valence-electron chi connectivity index (χ3n) is 3.42. The number of nitrogens with one attached hydrogen (secondary N) is 2. The summed E-state index contributed by atoms with van der Waals surface area (Å²) < 4.78 is 3.88. The molecule has 0 aliphatic heterocycles. The topological polar surface area (TPSA) is 87.2 Å². The summed E-state index contributed by atoms with van der Waals surface area (Å²) in [5.41, 5.74) is 2.77. The van der Waals surface area contributed by atoms with Gasteiger partial charge in [-0.3, -0.25) is 9.59 Å². The van der Waals surface area contributed by atoms with E-state index in [1.54, 1.807) is 11.0 Å². The zero-order valence-electron chi connectivity index (χ0n) is 15.1. The molecule has 1 heterocycles. The van der Waals surface area contributed by atoms with Crippen LogP contribution in [0.1, 0.15) is 40.7 Å². The van der Waals surface area contributed by atoms with Gasteiger partial charge in [0, 0.05) is 0 Å². The van der Waals surface area contributed by atoms with Crippen LogP contribution in [0, 0.1) is 6.92 Å². The summed E-state index contributed by atoms with van der Waals surface area (Å²) in [6.45, 7) is 6.12. The number of aryl methyl sites for hydroxylation is 1. The summed E-state index contributed by atoms with van der Waals surface area (Å²) >= 11 is 1.07. The zero-order valence-corrected chi connectivity index (χ0v) is 15.9. The molecule has 2 amide bonds. The smallest absolute Gasteiger partial charge is 0.269 e. The Bertz CT molecular complexity index is 770. The predicted octanol–water partition coefficient (Wildman–Crippen LogP) is 2.72. The number of benzene rings is 1. The summed E-state index contributed by atoms with van der Waals surface area (Å²) in [5.74, 6) is -0.310. The van der Waals surface area contributed by atoms with Crippen LogP contribution in [0.25, 0.3) is 0 Å². The summed E-state index contributed by atoms with van der Waals surface area (Å²) in [4.78, 5) is 26.9. The van der Waals surface area contributed by atoms with Crippen LogP contribution in [0.4, 0.5) is 11.4 Å². The van der Waals surface area contributed by atoms with Crippen LogP contribution in [0.15, 0.2) is 18.2 Å². The molecular formula is C17H23N5O2S. The molecule has 0 saturated carbocycles. The van der Waals surface area contributed by atoms with Gasteiger partial charge in [-0.05, 0) is 56.2 Å². The van der Waals surface area contributed by atoms with Crippen LogP contribution < -0.4 is 10.6 Å². The molecule has 1 aromatic heterocycles. The van der Waals surface area contributed by atoms with Crippen molar-refractivity contribution in [3.8, 4) is 0 Å². The van der Waals surface area contributed by atoms with E-state index in [-0.39, 0.29) is 24.3 Å². The second-order valence-corrected chi connectivity index (χ2v) is 7.19. The predicted molar refractivity (Wildman–Crippen MR) is 100 cm³/mol. The van der Waals surface area contributed by atoms with Gasteiger partial charge in [-0.1, -0.05) is 24.4 Å². The first-order valence-corrected chi connectivity index (χ1v) is 8.74. The highest BCUT2D eigenvalue weighted by atomic mass is 32.1. The van der Waals surface area contributed by atoms with Gasteiger partial charge in [-0.15, -0.1) is 5.10 Å². The molecule has 0 unspecified atom stereocenters. The van der Waals surface area contributed by atoms with E-state index in [4.69, 9.17) is 0 Å². The lowest BCUT2D eigenvalue weighted by Crippen LogP contribution is -2.27. The SMILES string of the molecule is Cc1ccc(NC(=O)CN(C)C)c(NC(=O)c2snnc2C(C)C)c1. The van der Waals surface area contributed by atoms with Crippen molar-refractivity contribution in [2.24, 2.45) is 0 Å². The van der Waals surface area contributed by atoms with Crippen molar-refractivity contribution in [1.29, 1.82) is 0 Å². The maximum absolute atomic E-state index is 12.6. The molecule has 0 spiro atoms.